The molecule has 1 saturated carbocycles. The van der Waals surface area contributed by atoms with Crippen LogP contribution < -0.4 is 16.4 Å². The number of primary amides is 1. The third-order valence-corrected chi connectivity index (χ3v) is 6.07. The largest absolute Gasteiger partial charge is 0.465 e. The highest BCUT2D eigenvalue weighted by molar-refractivity contribution is 5.92. The van der Waals surface area contributed by atoms with Crippen LogP contribution in [0.5, 0.6) is 0 Å². The lowest BCUT2D eigenvalue weighted by Gasteiger charge is -2.29. The Morgan fingerprint density at radius 1 is 1.44 bits per heavy atom. The Labute approximate surface area is 145 Å². The highest BCUT2D eigenvalue weighted by Crippen LogP contribution is 2.64. The Bertz CT molecular complexity index is 634. The molecule has 0 aromatic rings. The number of nitrogens with two attached hydrogens (primary N) is 1. The number of amides is 4. The zero-order valence-electron chi connectivity index (χ0n) is 14.3. The standard InChI is InChI=1S/C16H24N4O5/c1-16(2)8-6-20(15(24)25)11(10(8)16)14(23)19-9(12(17)21)5-7-3-4-18-13(7)22/h7-11H,3-6H2,1-2H3,(H2,17,21)(H,18,22)(H,19,23)(H,24,25)/t7-,8-,9-,10-,11-/m0/s1. The molecule has 0 bridgehead atoms. The van der Waals surface area contributed by atoms with Gasteiger partial charge in [0.05, 0.1) is 0 Å². The summed E-state index contributed by atoms with van der Waals surface area (Å²) in [5, 5.41) is 14.6. The minimum Gasteiger partial charge on any atom is -0.465 e. The van der Waals surface area contributed by atoms with Crippen molar-refractivity contribution in [1.29, 1.82) is 0 Å². The minimum atomic E-state index is -1.14. The van der Waals surface area contributed by atoms with Gasteiger partial charge in [0.25, 0.3) is 0 Å². The molecular weight excluding hydrogens is 328 g/mol. The summed E-state index contributed by atoms with van der Waals surface area (Å²) in [5.41, 5.74) is 5.29. The van der Waals surface area contributed by atoms with Crippen molar-refractivity contribution < 1.29 is 24.3 Å². The molecule has 3 rings (SSSR count). The number of hydrogen-bond donors (Lipinski definition) is 4. The van der Waals surface area contributed by atoms with Crippen molar-refractivity contribution in [2.45, 2.75) is 38.8 Å². The van der Waals surface area contributed by atoms with Crippen molar-refractivity contribution in [1.82, 2.24) is 15.5 Å². The molecule has 4 amide bonds. The molecule has 2 aliphatic heterocycles. The first-order valence-corrected chi connectivity index (χ1v) is 8.51. The van der Waals surface area contributed by atoms with E-state index in [1.54, 1.807) is 0 Å². The Morgan fingerprint density at radius 3 is 2.64 bits per heavy atom. The second-order valence-electron chi connectivity index (χ2n) is 7.81. The normalized spacial score (nSPS) is 33.4. The van der Waals surface area contributed by atoms with Crippen molar-refractivity contribution in [2.24, 2.45) is 28.9 Å². The Morgan fingerprint density at radius 2 is 2.12 bits per heavy atom. The van der Waals surface area contributed by atoms with E-state index in [0.717, 1.165) is 4.90 Å². The summed E-state index contributed by atoms with van der Waals surface area (Å²) in [4.78, 5) is 48.7. The van der Waals surface area contributed by atoms with Crippen molar-refractivity contribution >= 4 is 23.8 Å². The molecule has 5 N–H and O–H groups in total. The average molecular weight is 352 g/mol. The number of fused-ring (bicyclic) bond motifs is 1. The van der Waals surface area contributed by atoms with E-state index >= 15 is 0 Å². The summed E-state index contributed by atoms with van der Waals surface area (Å²) >= 11 is 0. The first-order chi connectivity index (χ1) is 11.6. The number of carbonyl (C=O) groups excluding carboxylic acids is 3. The second-order valence-corrected chi connectivity index (χ2v) is 7.81. The summed E-state index contributed by atoms with van der Waals surface area (Å²) in [7, 11) is 0. The molecule has 3 aliphatic rings. The van der Waals surface area contributed by atoms with Gasteiger partial charge < -0.3 is 21.5 Å². The van der Waals surface area contributed by atoms with E-state index in [9.17, 15) is 24.3 Å². The summed E-state index contributed by atoms with van der Waals surface area (Å²) in [5.74, 6) is -1.68. The van der Waals surface area contributed by atoms with E-state index in [1.165, 1.54) is 0 Å². The Hall–Kier alpha value is -2.32. The van der Waals surface area contributed by atoms with Gasteiger partial charge in [-0.25, -0.2) is 4.79 Å². The molecule has 3 fully saturated rings. The topological polar surface area (TPSA) is 142 Å². The van der Waals surface area contributed by atoms with Gasteiger partial charge in [0.2, 0.25) is 17.7 Å². The van der Waals surface area contributed by atoms with Crippen molar-refractivity contribution in [2.75, 3.05) is 13.1 Å². The maximum Gasteiger partial charge on any atom is 0.407 e. The van der Waals surface area contributed by atoms with E-state index in [2.05, 4.69) is 10.6 Å². The molecule has 25 heavy (non-hydrogen) atoms. The van der Waals surface area contributed by atoms with Crippen LogP contribution in [0.25, 0.3) is 0 Å². The molecule has 1 aliphatic carbocycles. The fraction of sp³-hybridized carbons (Fsp3) is 0.750. The molecule has 0 aromatic carbocycles. The van der Waals surface area contributed by atoms with E-state index in [0.29, 0.717) is 19.5 Å². The predicted molar refractivity (Wildman–Crippen MR) is 86.1 cm³/mol. The van der Waals surface area contributed by atoms with Crippen LogP contribution in [0.15, 0.2) is 0 Å². The average Bonchev–Trinajstić information content (AvgIpc) is 2.91. The van der Waals surface area contributed by atoms with Crippen LogP contribution >= 0.6 is 0 Å². The van der Waals surface area contributed by atoms with Gasteiger partial charge in [-0.05, 0) is 30.1 Å². The van der Waals surface area contributed by atoms with Gasteiger partial charge in [0.1, 0.15) is 12.1 Å². The molecule has 2 saturated heterocycles. The highest BCUT2D eigenvalue weighted by atomic mass is 16.4. The minimum absolute atomic E-state index is 0.0631. The number of rotatable bonds is 5. The van der Waals surface area contributed by atoms with Crippen molar-refractivity contribution in [3.05, 3.63) is 0 Å². The fourth-order valence-electron chi connectivity index (χ4n) is 4.44. The number of likely N-dealkylation sites (tertiary alicyclic amines) is 1. The fourth-order valence-corrected chi connectivity index (χ4v) is 4.44. The maximum atomic E-state index is 12.7. The number of nitrogens with one attached hydrogen (secondary N) is 2. The summed E-state index contributed by atoms with van der Waals surface area (Å²) in [6.07, 6.45) is -0.431. The van der Waals surface area contributed by atoms with Crippen LogP contribution in [0.3, 0.4) is 0 Å². The third kappa shape index (κ3) is 2.91. The number of hydrogen-bond acceptors (Lipinski definition) is 4. The van der Waals surface area contributed by atoms with E-state index in [4.69, 9.17) is 5.73 Å². The number of piperidine rings is 1. The van der Waals surface area contributed by atoms with Crippen LogP contribution in [0.2, 0.25) is 0 Å². The molecule has 9 heteroatoms. The lowest BCUT2D eigenvalue weighted by Crippen LogP contribution is -2.54. The van der Waals surface area contributed by atoms with Gasteiger partial charge in [-0.1, -0.05) is 13.8 Å². The molecule has 0 unspecified atom stereocenters. The van der Waals surface area contributed by atoms with Crippen molar-refractivity contribution in [3.8, 4) is 0 Å². The number of nitrogens with zero attached hydrogens (tertiary/aromatic N) is 1. The lowest BCUT2D eigenvalue weighted by atomic mass is 9.96. The van der Waals surface area contributed by atoms with E-state index in [1.807, 2.05) is 13.8 Å². The van der Waals surface area contributed by atoms with Crippen LogP contribution in [0, 0.1) is 23.2 Å². The molecule has 0 spiro atoms. The van der Waals surface area contributed by atoms with Crippen molar-refractivity contribution in [3.63, 3.8) is 0 Å². The van der Waals surface area contributed by atoms with E-state index in [-0.39, 0.29) is 35.5 Å². The molecule has 138 valence electrons. The van der Waals surface area contributed by atoms with Gasteiger partial charge >= 0.3 is 6.09 Å². The second kappa shape index (κ2) is 5.89. The Kier molecular flexibility index (Phi) is 4.12. The lowest BCUT2D eigenvalue weighted by molar-refractivity contribution is -0.131. The molecule has 0 radical (unpaired) electrons. The smallest absolute Gasteiger partial charge is 0.407 e. The molecular formula is C16H24N4O5. The SMILES string of the molecule is CC1(C)[C@@H]2[C@@H](C(=O)N[C@@H](C[C@@H]3CCNC3=O)C(N)=O)N(C(=O)O)C[C@@H]21. The highest BCUT2D eigenvalue weighted by Gasteiger charge is 2.69. The molecule has 0 aromatic heterocycles. The van der Waals surface area contributed by atoms with Gasteiger partial charge in [0, 0.05) is 19.0 Å². The zero-order chi connectivity index (χ0) is 18.5. The van der Waals surface area contributed by atoms with Gasteiger partial charge in [-0.2, -0.15) is 0 Å². The van der Waals surface area contributed by atoms with Crippen LogP contribution in [0.1, 0.15) is 26.7 Å². The molecule has 5 atom stereocenters. The Balaban J connectivity index is 1.70. The predicted octanol–water partition coefficient (Wildman–Crippen LogP) is -0.883. The third-order valence-electron chi connectivity index (χ3n) is 6.07. The first-order valence-electron chi connectivity index (χ1n) is 8.51. The van der Waals surface area contributed by atoms with Gasteiger partial charge in [0.15, 0.2) is 0 Å². The number of carbonyl (C=O) groups is 4. The maximum absolute atomic E-state index is 12.7. The van der Waals surface area contributed by atoms with Crippen LogP contribution in [-0.4, -0.2) is 59.0 Å². The van der Waals surface area contributed by atoms with E-state index < -0.39 is 30.0 Å². The molecule has 2 heterocycles. The van der Waals surface area contributed by atoms with Crippen LogP contribution in [-0.2, 0) is 14.4 Å². The summed E-state index contributed by atoms with van der Waals surface area (Å²) in [6, 6.07) is -1.81. The summed E-state index contributed by atoms with van der Waals surface area (Å²) in [6.45, 7) is 4.88. The molecule has 9 nitrogen and oxygen atoms in total. The zero-order valence-corrected chi connectivity index (χ0v) is 14.3. The summed E-state index contributed by atoms with van der Waals surface area (Å²) < 4.78 is 0. The monoisotopic (exact) mass is 352 g/mol. The first kappa shape index (κ1) is 17.5. The number of carboxylic acid groups (broad SMARTS) is 1. The quantitative estimate of drug-likeness (QED) is 0.508. The van der Waals surface area contributed by atoms with Crippen LogP contribution in [0.4, 0.5) is 4.79 Å². The van der Waals surface area contributed by atoms with Gasteiger partial charge in [-0.15, -0.1) is 0 Å². The van der Waals surface area contributed by atoms with Gasteiger partial charge in [-0.3, -0.25) is 19.3 Å².